The largest absolute Gasteiger partial charge is 0.348 e. The van der Waals surface area contributed by atoms with Crippen molar-refractivity contribution >= 4 is 0 Å². The Kier molecular flexibility index (Phi) is 4.13. The van der Waals surface area contributed by atoms with E-state index < -0.39 is 23.2 Å². The summed E-state index contributed by atoms with van der Waals surface area (Å²) in [5, 5.41) is 2.93. The maximum absolute atomic E-state index is 13.4. The van der Waals surface area contributed by atoms with Crippen molar-refractivity contribution < 1.29 is 22.6 Å². The highest BCUT2D eigenvalue weighted by molar-refractivity contribution is 5.19. The van der Waals surface area contributed by atoms with Crippen LogP contribution in [0.25, 0.3) is 0 Å². The summed E-state index contributed by atoms with van der Waals surface area (Å²) in [6.45, 7) is 4.61. The van der Waals surface area contributed by atoms with Gasteiger partial charge in [-0.3, -0.25) is 0 Å². The molecular weight excluding hydrogens is 259 g/mol. The van der Waals surface area contributed by atoms with Gasteiger partial charge in [0.15, 0.2) is 17.4 Å². The van der Waals surface area contributed by atoms with Gasteiger partial charge in [0.25, 0.3) is 0 Å². The Morgan fingerprint density at radius 3 is 2.53 bits per heavy atom. The fourth-order valence-corrected chi connectivity index (χ4v) is 1.93. The quantitative estimate of drug-likeness (QED) is 0.856. The molecule has 3 nitrogen and oxygen atoms in total. The van der Waals surface area contributed by atoms with Crippen LogP contribution in [-0.4, -0.2) is 25.0 Å². The molecule has 1 unspecified atom stereocenters. The first-order valence-electron chi connectivity index (χ1n) is 6.03. The van der Waals surface area contributed by atoms with E-state index in [2.05, 4.69) is 5.32 Å². The summed E-state index contributed by atoms with van der Waals surface area (Å²) in [5.41, 5.74) is 0.0806. The molecule has 1 fully saturated rings. The number of ether oxygens (including phenoxy) is 2. The van der Waals surface area contributed by atoms with Crippen LogP contribution in [0.15, 0.2) is 12.1 Å². The number of hydrogen-bond acceptors (Lipinski definition) is 3. The van der Waals surface area contributed by atoms with E-state index in [0.29, 0.717) is 19.2 Å². The van der Waals surface area contributed by atoms with Crippen LogP contribution in [-0.2, 0) is 16.0 Å². The molecule has 106 valence electrons. The van der Waals surface area contributed by atoms with E-state index in [0.717, 1.165) is 6.07 Å². The molecule has 0 radical (unpaired) electrons. The SMILES string of the molecule is CC1(C)OCC(CNCc2cc(F)c(F)cc2F)O1. The molecule has 0 spiro atoms. The summed E-state index contributed by atoms with van der Waals surface area (Å²) < 4.78 is 50.0. The summed E-state index contributed by atoms with van der Waals surface area (Å²) >= 11 is 0. The highest BCUT2D eigenvalue weighted by atomic mass is 19.2. The fraction of sp³-hybridized carbons (Fsp3) is 0.538. The minimum absolute atomic E-state index is 0.0806. The summed E-state index contributed by atoms with van der Waals surface area (Å²) in [4.78, 5) is 0. The molecule has 0 bridgehead atoms. The van der Waals surface area contributed by atoms with Gasteiger partial charge in [-0.1, -0.05) is 0 Å². The number of rotatable bonds is 4. The summed E-state index contributed by atoms with van der Waals surface area (Å²) in [6.07, 6.45) is -0.136. The average Bonchev–Trinajstić information content (AvgIpc) is 2.65. The molecule has 1 atom stereocenters. The van der Waals surface area contributed by atoms with Crippen molar-refractivity contribution in [1.82, 2.24) is 5.32 Å². The molecular formula is C13H16F3NO2. The zero-order valence-corrected chi connectivity index (χ0v) is 10.8. The van der Waals surface area contributed by atoms with Crippen molar-refractivity contribution in [3.63, 3.8) is 0 Å². The molecule has 1 aliphatic rings. The first-order chi connectivity index (χ1) is 8.87. The Balaban J connectivity index is 1.85. The van der Waals surface area contributed by atoms with Gasteiger partial charge in [-0.15, -0.1) is 0 Å². The van der Waals surface area contributed by atoms with Gasteiger partial charge in [0, 0.05) is 24.7 Å². The van der Waals surface area contributed by atoms with E-state index in [-0.39, 0.29) is 18.2 Å². The zero-order chi connectivity index (χ0) is 14.0. The maximum Gasteiger partial charge on any atom is 0.163 e. The number of hydrogen-bond donors (Lipinski definition) is 1. The minimum atomic E-state index is -1.18. The lowest BCUT2D eigenvalue weighted by molar-refractivity contribution is -0.137. The third-order valence-electron chi connectivity index (χ3n) is 2.84. The molecule has 1 aromatic rings. The Morgan fingerprint density at radius 1 is 1.21 bits per heavy atom. The van der Waals surface area contributed by atoms with E-state index in [1.807, 2.05) is 13.8 Å². The Labute approximate surface area is 109 Å². The van der Waals surface area contributed by atoms with Crippen LogP contribution in [0, 0.1) is 17.5 Å². The summed E-state index contributed by atoms with van der Waals surface area (Å²) in [6, 6.07) is 1.40. The van der Waals surface area contributed by atoms with Crippen LogP contribution < -0.4 is 5.32 Å². The monoisotopic (exact) mass is 275 g/mol. The van der Waals surface area contributed by atoms with E-state index in [1.54, 1.807) is 0 Å². The summed E-state index contributed by atoms with van der Waals surface area (Å²) in [5.74, 6) is -3.62. The van der Waals surface area contributed by atoms with Crippen molar-refractivity contribution in [1.29, 1.82) is 0 Å². The molecule has 1 heterocycles. The van der Waals surface area contributed by atoms with E-state index >= 15 is 0 Å². The van der Waals surface area contributed by atoms with Gasteiger partial charge in [0.05, 0.1) is 12.7 Å². The topological polar surface area (TPSA) is 30.5 Å². The van der Waals surface area contributed by atoms with Crippen LogP contribution in [0.3, 0.4) is 0 Å². The first kappa shape index (κ1) is 14.3. The van der Waals surface area contributed by atoms with Gasteiger partial charge >= 0.3 is 0 Å². The molecule has 19 heavy (non-hydrogen) atoms. The first-order valence-corrected chi connectivity index (χ1v) is 6.03. The van der Waals surface area contributed by atoms with E-state index in [1.165, 1.54) is 0 Å². The van der Waals surface area contributed by atoms with Crippen LogP contribution >= 0.6 is 0 Å². The second-order valence-corrected chi connectivity index (χ2v) is 4.94. The molecule has 6 heteroatoms. The molecule has 2 rings (SSSR count). The third-order valence-corrected chi connectivity index (χ3v) is 2.84. The van der Waals surface area contributed by atoms with Crippen molar-refractivity contribution in [3.8, 4) is 0 Å². The second-order valence-electron chi connectivity index (χ2n) is 4.94. The molecule has 1 aliphatic heterocycles. The van der Waals surface area contributed by atoms with E-state index in [9.17, 15) is 13.2 Å². The lowest BCUT2D eigenvalue weighted by Crippen LogP contribution is -2.30. The van der Waals surface area contributed by atoms with Gasteiger partial charge in [-0.25, -0.2) is 13.2 Å². The normalized spacial score (nSPS) is 21.8. The predicted molar refractivity (Wildman–Crippen MR) is 62.9 cm³/mol. The molecule has 0 amide bonds. The maximum atomic E-state index is 13.4. The van der Waals surface area contributed by atoms with Crippen LogP contribution in [0.5, 0.6) is 0 Å². The number of benzene rings is 1. The third kappa shape index (κ3) is 3.68. The molecule has 1 N–H and O–H groups in total. The Bertz CT molecular complexity index is 465. The lowest BCUT2D eigenvalue weighted by Gasteiger charge is -2.17. The zero-order valence-electron chi connectivity index (χ0n) is 10.8. The van der Waals surface area contributed by atoms with Crippen LogP contribution in [0.2, 0.25) is 0 Å². The summed E-state index contributed by atoms with van der Waals surface area (Å²) in [7, 11) is 0. The second kappa shape index (κ2) is 5.48. The van der Waals surface area contributed by atoms with Crippen molar-refractivity contribution in [3.05, 3.63) is 35.1 Å². The van der Waals surface area contributed by atoms with Crippen molar-refractivity contribution in [2.45, 2.75) is 32.3 Å². The standard InChI is InChI=1S/C13H16F3NO2/c1-13(2)18-7-9(19-13)6-17-5-8-3-11(15)12(16)4-10(8)14/h3-4,9,17H,5-7H2,1-2H3. The smallest absolute Gasteiger partial charge is 0.163 e. The molecule has 0 saturated carbocycles. The molecule has 1 saturated heterocycles. The van der Waals surface area contributed by atoms with Gasteiger partial charge in [-0.05, 0) is 19.9 Å². The molecule has 0 aromatic heterocycles. The molecule has 1 aromatic carbocycles. The Morgan fingerprint density at radius 2 is 1.89 bits per heavy atom. The van der Waals surface area contributed by atoms with Crippen LogP contribution in [0.4, 0.5) is 13.2 Å². The molecule has 0 aliphatic carbocycles. The Hall–Kier alpha value is -1.11. The van der Waals surface area contributed by atoms with Crippen LogP contribution in [0.1, 0.15) is 19.4 Å². The lowest BCUT2D eigenvalue weighted by atomic mass is 10.2. The van der Waals surface area contributed by atoms with Gasteiger partial charge in [0.2, 0.25) is 0 Å². The minimum Gasteiger partial charge on any atom is -0.348 e. The van der Waals surface area contributed by atoms with Gasteiger partial charge in [0.1, 0.15) is 5.82 Å². The van der Waals surface area contributed by atoms with Crippen molar-refractivity contribution in [2.24, 2.45) is 0 Å². The van der Waals surface area contributed by atoms with Gasteiger partial charge in [-0.2, -0.15) is 0 Å². The predicted octanol–water partition coefficient (Wildman–Crippen LogP) is 2.35. The highest BCUT2D eigenvalue weighted by Gasteiger charge is 2.32. The fourth-order valence-electron chi connectivity index (χ4n) is 1.93. The number of halogens is 3. The van der Waals surface area contributed by atoms with Crippen molar-refractivity contribution in [2.75, 3.05) is 13.2 Å². The van der Waals surface area contributed by atoms with Gasteiger partial charge < -0.3 is 14.8 Å². The highest BCUT2D eigenvalue weighted by Crippen LogP contribution is 2.21. The number of nitrogens with one attached hydrogen (secondary N) is 1. The average molecular weight is 275 g/mol. The van der Waals surface area contributed by atoms with E-state index in [4.69, 9.17) is 9.47 Å².